The molecule has 0 unspecified atom stereocenters. The second-order valence-corrected chi connectivity index (χ2v) is 5.85. The van der Waals surface area contributed by atoms with Gasteiger partial charge in [0.05, 0.1) is 41.9 Å². The Balaban J connectivity index is 2.35. The van der Waals surface area contributed by atoms with Crippen LogP contribution in [0.2, 0.25) is 5.02 Å². The van der Waals surface area contributed by atoms with Crippen molar-refractivity contribution in [2.75, 3.05) is 19.8 Å². The van der Waals surface area contributed by atoms with E-state index in [2.05, 4.69) is 11.7 Å². The van der Waals surface area contributed by atoms with Gasteiger partial charge in [-0.05, 0) is 37.6 Å². The summed E-state index contributed by atoms with van der Waals surface area (Å²) < 4.78 is 11.2. The smallest absolute Gasteiger partial charge is 0.275 e. The fourth-order valence-electron chi connectivity index (χ4n) is 2.43. The first-order valence-corrected chi connectivity index (χ1v) is 8.55. The lowest BCUT2D eigenvalue weighted by atomic mass is 10.1. The van der Waals surface area contributed by atoms with Gasteiger partial charge in [-0.3, -0.25) is 4.79 Å². The molecule has 1 aromatic rings. The number of nitriles is 1. The van der Waals surface area contributed by atoms with Crippen LogP contribution in [-0.4, -0.2) is 36.4 Å². The van der Waals surface area contributed by atoms with E-state index in [1.165, 1.54) is 5.01 Å². The third kappa shape index (κ3) is 4.44. The second kappa shape index (κ2) is 9.07. The maximum Gasteiger partial charge on any atom is 0.275 e. The van der Waals surface area contributed by atoms with Crippen molar-refractivity contribution >= 4 is 29.3 Å². The number of carbonyl (C=O) groups excluding carboxylic acids is 1. The number of hydrogen-bond acceptors (Lipinski definition) is 5. The number of hydrazone groups is 1. The summed E-state index contributed by atoms with van der Waals surface area (Å²) in [5.41, 5.74) is 1.75. The van der Waals surface area contributed by atoms with E-state index >= 15 is 0 Å². The number of ether oxygens (including phenoxy) is 2. The van der Waals surface area contributed by atoms with E-state index in [4.69, 9.17) is 26.3 Å². The minimum atomic E-state index is -0.237. The zero-order chi connectivity index (χ0) is 19.1. The molecule has 0 aliphatic carbocycles. The molecule has 1 heterocycles. The zero-order valence-corrected chi connectivity index (χ0v) is 15.5. The van der Waals surface area contributed by atoms with Crippen molar-refractivity contribution in [1.82, 2.24) is 5.01 Å². The van der Waals surface area contributed by atoms with Crippen LogP contribution in [0.1, 0.15) is 25.8 Å². The molecule has 0 fully saturated rings. The number of benzene rings is 1. The predicted molar refractivity (Wildman–Crippen MR) is 101 cm³/mol. The normalized spacial score (nSPS) is 15.0. The maximum atomic E-state index is 12.5. The highest BCUT2D eigenvalue weighted by molar-refractivity contribution is 6.32. The molecule has 136 valence electrons. The lowest BCUT2D eigenvalue weighted by Gasteiger charge is -2.14. The molecule has 7 heteroatoms. The van der Waals surface area contributed by atoms with Crippen LogP contribution in [-0.2, 0) is 4.79 Å². The number of halogens is 1. The summed E-state index contributed by atoms with van der Waals surface area (Å²) in [6.07, 6.45) is 3.56. The Morgan fingerprint density at radius 3 is 2.85 bits per heavy atom. The molecule has 1 aromatic carbocycles. The first-order chi connectivity index (χ1) is 12.5. The van der Waals surface area contributed by atoms with E-state index in [-0.39, 0.29) is 18.9 Å². The van der Waals surface area contributed by atoms with Crippen molar-refractivity contribution in [2.24, 2.45) is 5.10 Å². The van der Waals surface area contributed by atoms with Crippen LogP contribution in [0.25, 0.3) is 6.08 Å². The highest BCUT2D eigenvalue weighted by atomic mass is 35.5. The quantitative estimate of drug-likeness (QED) is 0.512. The first kappa shape index (κ1) is 19.5. The highest BCUT2D eigenvalue weighted by Crippen LogP contribution is 2.37. The Morgan fingerprint density at radius 1 is 1.42 bits per heavy atom. The average Bonchev–Trinajstić information content (AvgIpc) is 2.87. The second-order valence-electron chi connectivity index (χ2n) is 5.44. The number of amides is 1. The topological polar surface area (TPSA) is 74.9 Å². The van der Waals surface area contributed by atoms with Crippen LogP contribution < -0.4 is 9.47 Å². The zero-order valence-electron chi connectivity index (χ0n) is 14.8. The molecule has 0 saturated heterocycles. The molecule has 1 aliphatic rings. The Labute approximate surface area is 158 Å². The molecular weight excluding hydrogens is 354 g/mol. The van der Waals surface area contributed by atoms with Gasteiger partial charge < -0.3 is 9.47 Å². The van der Waals surface area contributed by atoms with Crippen LogP contribution in [0.3, 0.4) is 0 Å². The molecule has 0 radical (unpaired) electrons. The molecular formula is C19H20ClN3O3. The van der Waals surface area contributed by atoms with Crippen LogP contribution in [0, 0.1) is 11.3 Å². The van der Waals surface area contributed by atoms with Crippen molar-refractivity contribution in [3.8, 4) is 17.6 Å². The molecule has 0 atom stereocenters. The minimum Gasteiger partial charge on any atom is -0.490 e. The standard InChI is InChI=1S/C19H20ClN3O3/c1-4-9-26-18-16(20)11-14(12-17(18)25-5-2)10-15-13(3)22-23(19(15)24)8-6-7-21/h4,10-12H,1,5-6,8-9H2,2-3H3. The lowest BCUT2D eigenvalue weighted by Crippen LogP contribution is -2.22. The molecule has 0 spiro atoms. The van der Waals surface area contributed by atoms with Crippen LogP contribution in [0.5, 0.6) is 11.5 Å². The molecule has 2 rings (SSSR count). The summed E-state index contributed by atoms with van der Waals surface area (Å²) in [5, 5.41) is 14.6. The number of nitrogens with zero attached hydrogens (tertiary/aromatic N) is 3. The van der Waals surface area contributed by atoms with Crippen molar-refractivity contribution in [1.29, 1.82) is 5.26 Å². The Hall–Kier alpha value is -2.78. The van der Waals surface area contributed by atoms with Gasteiger partial charge in [0.2, 0.25) is 0 Å². The molecule has 1 amide bonds. The van der Waals surface area contributed by atoms with Crippen LogP contribution in [0.15, 0.2) is 35.5 Å². The molecule has 1 aliphatic heterocycles. The monoisotopic (exact) mass is 373 g/mol. The van der Waals surface area contributed by atoms with Gasteiger partial charge in [0.15, 0.2) is 11.5 Å². The molecule has 0 bridgehead atoms. The Kier molecular flexibility index (Phi) is 6.81. The SMILES string of the molecule is C=CCOc1c(Cl)cc(C=C2C(=O)N(CCC#N)N=C2C)cc1OCC. The summed E-state index contributed by atoms with van der Waals surface area (Å²) in [4.78, 5) is 12.5. The van der Waals surface area contributed by atoms with E-state index in [1.807, 2.05) is 13.0 Å². The van der Waals surface area contributed by atoms with Gasteiger partial charge in [-0.1, -0.05) is 24.3 Å². The van der Waals surface area contributed by atoms with E-state index < -0.39 is 0 Å². The van der Waals surface area contributed by atoms with Gasteiger partial charge in [0.1, 0.15) is 6.61 Å². The van der Waals surface area contributed by atoms with Crippen molar-refractivity contribution < 1.29 is 14.3 Å². The largest absolute Gasteiger partial charge is 0.490 e. The minimum absolute atomic E-state index is 0.228. The summed E-state index contributed by atoms with van der Waals surface area (Å²) in [5.74, 6) is 0.697. The summed E-state index contributed by atoms with van der Waals surface area (Å²) in [6, 6.07) is 5.47. The molecule has 0 N–H and O–H groups in total. The van der Waals surface area contributed by atoms with E-state index in [0.29, 0.717) is 46.6 Å². The Bertz CT molecular complexity index is 809. The third-order valence-corrected chi connectivity index (χ3v) is 3.83. The van der Waals surface area contributed by atoms with Crippen LogP contribution >= 0.6 is 11.6 Å². The van der Waals surface area contributed by atoms with Crippen LogP contribution in [0.4, 0.5) is 0 Å². The van der Waals surface area contributed by atoms with Gasteiger partial charge in [0.25, 0.3) is 5.91 Å². The summed E-state index contributed by atoms with van der Waals surface area (Å²) in [7, 11) is 0. The molecule has 0 saturated carbocycles. The van der Waals surface area contributed by atoms with Gasteiger partial charge in [0, 0.05) is 0 Å². The third-order valence-electron chi connectivity index (χ3n) is 3.55. The van der Waals surface area contributed by atoms with Gasteiger partial charge in [-0.25, -0.2) is 5.01 Å². The molecule has 6 nitrogen and oxygen atoms in total. The fourth-order valence-corrected chi connectivity index (χ4v) is 2.70. The highest BCUT2D eigenvalue weighted by Gasteiger charge is 2.27. The lowest BCUT2D eigenvalue weighted by molar-refractivity contribution is -0.125. The first-order valence-electron chi connectivity index (χ1n) is 8.17. The van der Waals surface area contributed by atoms with Gasteiger partial charge >= 0.3 is 0 Å². The van der Waals surface area contributed by atoms with E-state index in [0.717, 1.165) is 0 Å². The number of carbonyl (C=O) groups is 1. The summed E-state index contributed by atoms with van der Waals surface area (Å²) in [6.45, 7) is 8.25. The summed E-state index contributed by atoms with van der Waals surface area (Å²) >= 11 is 6.33. The fraction of sp³-hybridized carbons (Fsp3) is 0.316. The van der Waals surface area contributed by atoms with Crippen molar-refractivity contribution in [2.45, 2.75) is 20.3 Å². The van der Waals surface area contributed by atoms with E-state index in [1.54, 1.807) is 31.2 Å². The average molecular weight is 374 g/mol. The molecule has 26 heavy (non-hydrogen) atoms. The van der Waals surface area contributed by atoms with Gasteiger partial charge in [-0.15, -0.1) is 0 Å². The van der Waals surface area contributed by atoms with E-state index in [9.17, 15) is 4.79 Å². The Morgan fingerprint density at radius 2 is 2.19 bits per heavy atom. The number of hydrogen-bond donors (Lipinski definition) is 0. The van der Waals surface area contributed by atoms with Gasteiger partial charge in [-0.2, -0.15) is 10.4 Å². The van der Waals surface area contributed by atoms with Crippen molar-refractivity contribution in [3.63, 3.8) is 0 Å². The van der Waals surface area contributed by atoms with Crippen molar-refractivity contribution in [3.05, 3.63) is 40.9 Å². The predicted octanol–water partition coefficient (Wildman–Crippen LogP) is 3.82. The molecule has 0 aromatic heterocycles. The number of rotatable bonds is 8. The maximum absolute atomic E-state index is 12.5.